The largest absolute Gasteiger partial charge is 0.475 e. The molecule has 0 bridgehead atoms. The van der Waals surface area contributed by atoms with Gasteiger partial charge in [0.25, 0.3) is 5.78 Å². The molecule has 0 saturated carbocycles. The lowest BCUT2D eigenvalue weighted by molar-refractivity contribution is -0.131. The first kappa shape index (κ1) is 9.39. The van der Waals surface area contributed by atoms with Crippen molar-refractivity contribution >= 4 is 22.7 Å². The number of benzene rings is 1. The first-order valence-corrected chi connectivity index (χ1v) is 4.23. The van der Waals surface area contributed by atoms with Crippen molar-refractivity contribution in [2.75, 3.05) is 0 Å². The minimum absolute atomic E-state index is 0.126. The molecule has 0 atom stereocenters. The Morgan fingerprint density at radius 3 is 2.80 bits per heavy atom. The van der Waals surface area contributed by atoms with Crippen molar-refractivity contribution in [1.82, 2.24) is 5.16 Å². The number of aliphatic carboxylic acids is 1. The predicted molar refractivity (Wildman–Crippen MR) is 50.7 cm³/mol. The van der Waals surface area contributed by atoms with Crippen molar-refractivity contribution in [3.8, 4) is 0 Å². The molecule has 0 radical (unpaired) electrons. The number of aryl methyl sites for hydroxylation is 1. The van der Waals surface area contributed by atoms with Crippen molar-refractivity contribution in [2.45, 2.75) is 6.92 Å². The molecule has 0 aliphatic heterocycles. The highest BCUT2D eigenvalue weighted by Crippen LogP contribution is 2.19. The summed E-state index contributed by atoms with van der Waals surface area (Å²) in [6.07, 6.45) is 0. The number of fused-ring (bicyclic) bond motifs is 1. The van der Waals surface area contributed by atoms with Gasteiger partial charge in [-0.15, -0.1) is 0 Å². The molecule has 15 heavy (non-hydrogen) atoms. The van der Waals surface area contributed by atoms with Crippen LogP contribution in [-0.4, -0.2) is 22.0 Å². The van der Waals surface area contributed by atoms with Crippen molar-refractivity contribution in [3.05, 3.63) is 29.5 Å². The fourth-order valence-corrected chi connectivity index (χ4v) is 1.32. The van der Waals surface area contributed by atoms with E-state index in [-0.39, 0.29) is 5.56 Å². The highest BCUT2D eigenvalue weighted by molar-refractivity contribution is 6.40. The maximum atomic E-state index is 11.2. The molecule has 5 heteroatoms. The standard InChI is InChI=1S/C10H7NO4/c1-5-7-4-6(9(12)10(13)14)2-3-8(7)15-11-5/h2-4H,1H3,(H,13,14). The number of aromatic nitrogens is 1. The fraction of sp³-hybridized carbons (Fsp3) is 0.100. The first-order valence-electron chi connectivity index (χ1n) is 4.23. The van der Waals surface area contributed by atoms with E-state index in [0.29, 0.717) is 16.7 Å². The van der Waals surface area contributed by atoms with Crippen LogP contribution in [0.25, 0.3) is 11.0 Å². The lowest BCUT2D eigenvalue weighted by Crippen LogP contribution is -2.12. The Hall–Kier alpha value is -2.17. The number of nitrogens with zero attached hydrogens (tertiary/aromatic N) is 1. The molecule has 0 fully saturated rings. The summed E-state index contributed by atoms with van der Waals surface area (Å²) in [5.74, 6) is -2.40. The van der Waals surface area contributed by atoms with Crippen LogP contribution < -0.4 is 0 Å². The summed E-state index contributed by atoms with van der Waals surface area (Å²) in [5, 5.41) is 12.9. The number of hydrogen-bond donors (Lipinski definition) is 1. The van der Waals surface area contributed by atoms with E-state index < -0.39 is 11.8 Å². The lowest BCUT2D eigenvalue weighted by Gasteiger charge is -1.95. The van der Waals surface area contributed by atoms with Crippen LogP contribution in [0.3, 0.4) is 0 Å². The minimum Gasteiger partial charge on any atom is -0.475 e. The van der Waals surface area contributed by atoms with E-state index in [0.717, 1.165) is 0 Å². The second-order valence-electron chi connectivity index (χ2n) is 3.11. The number of Topliss-reactive ketones (excluding diaryl/α,β-unsaturated/α-hetero) is 1. The van der Waals surface area contributed by atoms with E-state index >= 15 is 0 Å². The number of carboxylic acid groups (broad SMARTS) is 1. The van der Waals surface area contributed by atoms with Crippen LogP contribution in [-0.2, 0) is 4.79 Å². The molecule has 2 aromatic rings. The summed E-state index contributed by atoms with van der Waals surface area (Å²) in [6.45, 7) is 1.72. The van der Waals surface area contributed by atoms with Crippen LogP contribution in [0.1, 0.15) is 16.1 Å². The van der Waals surface area contributed by atoms with E-state index in [1.165, 1.54) is 18.2 Å². The molecule has 0 unspecified atom stereocenters. The zero-order valence-corrected chi connectivity index (χ0v) is 7.85. The summed E-state index contributed by atoms with van der Waals surface area (Å²) in [6, 6.07) is 4.41. The minimum atomic E-state index is -1.47. The predicted octanol–water partition coefficient (Wildman–Crippen LogP) is 1.40. The second-order valence-corrected chi connectivity index (χ2v) is 3.11. The van der Waals surface area contributed by atoms with E-state index in [9.17, 15) is 9.59 Å². The smallest absolute Gasteiger partial charge is 0.377 e. The highest BCUT2D eigenvalue weighted by Gasteiger charge is 2.16. The molecule has 0 saturated heterocycles. The average Bonchev–Trinajstić information content (AvgIpc) is 2.59. The molecule has 1 heterocycles. The van der Waals surface area contributed by atoms with Crippen molar-refractivity contribution < 1.29 is 19.2 Å². The van der Waals surface area contributed by atoms with Gasteiger partial charge in [0.15, 0.2) is 5.58 Å². The van der Waals surface area contributed by atoms with Crippen LogP contribution in [0, 0.1) is 6.92 Å². The van der Waals surface area contributed by atoms with Gasteiger partial charge in [-0.25, -0.2) is 4.79 Å². The maximum Gasteiger partial charge on any atom is 0.377 e. The molecule has 1 aromatic carbocycles. The monoisotopic (exact) mass is 205 g/mol. The van der Waals surface area contributed by atoms with Crippen LogP contribution in [0.4, 0.5) is 0 Å². The summed E-state index contributed by atoms with van der Waals surface area (Å²) in [7, 11) is 0. The Morgan fingerprint density at radius 2 is 2.13 bits per heavy atom. The zero-order valence-electron chi connectivity index (χ0n) is 7.85. The number of carboxylic acids is 1. The van der Waals surface area contributed by atoms with Gasteiger partial charge in [-0.3, -0.25) is 4.79 Å². The maximum absolute atomic E-state index is 11.2. The summed E-state index contributed by atoms with van der Waals surface area (Å²) in [4.78, 5) is 21.6. The Bertz CT molecular complexity index is 556. The van der Waals surface area contributed by atoms with Gasteiger partial charge < -0.3 is 9.63 Å². The molecule has 0 aliphatic carbocycles. The topological polar surface area (TPSA) is 80.4 Å². The average molecular weight is 205 g/mol. The van der Waals surface area contributed by atoms with Crippen molar-refractivity contribution in [2.24, 2.45) is 0 Å². The van der Waals surface area contributed by atoms with Gasteiger partial charge >= 0.3 is 5.97 Å². The molecule has 76 valence electrons. The second kappa shape index (κ2) is 3.20. The van der Waals surface area contributed by atoms with Gasteiger partial charge in [-0.05, 0) is 25.1 Å². The molecule has 1 N–H and O–H groups in total. The number of hydrogen-bond acceptors (Lipinski definition) is 4. The van der Waals surface area contributed by atoms with E-state index in [2.05, 4.69) is 5.16 Å². The summed E-state index contributed by atoms with van der Waals surface area (Å²) in [5.41, 5.74) is 1.29. The van der Waals surface area contributed by atoms with Crippen LogP contribution in [0.5, 0.6) is 0 Å². The Balaban J connectivity index is 2.59. The first-order chi connectivity index (χ1) is 7.09. The van der Waals surface area contributed by atoms with Gasteiger partial charge in [-0.2, -0.15) is 0 Å². The molecule has 0 aliphatic rings. The molecule has 0 spiro atoms. The Labute approximate surface area is 84.3 Å². The molecule has 0 amide bonds. The summed E-state index contributed by atoms with van der Waals surface area (Å²) < 4.78 is 4.94. The zero-order chi connectivity index (χ0) is 11.0. The molecule has 2 rings (SSSR count). The van der Waals surface area contributed by atoms with Gasteiger partial charge in [0.05, 0.1) is 5.69 Å². The van der Waals surface area contributed by atoms with Crippen LogP contribution >= 0.6 is 0 Å². The molecule has 1 aromatic heterocycles. The molecular formula is C10H7NO4. The van der Waals surface area contributed by atoms with Gasteiger partial charge in [0.2, 0.25) is 0 Å². The normalized spacial score (nSPS) is 10.5. The quantitative estimate of drug-likeness (QED) is 0.592. The number of carbonyl (C=O) groups excluding carboxylic acids is 1. The van der Waals surface area contributed by atoms with Gasteiger partial charge in [0, 0.05) is 10.9 Å². The summed E-state index contributed by atoms with van der Waals surface area (Å²) >= 11 is 0. The van der Waals surface area contributed by atoms with Crippen molar-refractivity contribution in [1.29, 1.82) is 0 Å². The van der Waals surface area contributed by atoms with Crippen molar-refractivity contribution in [3.63, 3.8) is 0 Å². The lowest BCUT2D eigenvalue weighted by atomic mass is 10.1. The van der Waals surface area contributed by atoms with E-state index in [4.69, 9.17) is 9.63 Å². The number of carbonyl (C=O) groups is 2. The highest BCUT2D eigenvalue weighted by atomic mass is 16.5. The third-order valence-corrected chi connectivity index (χ3v) is 2.11. The Kier molecular flexibility index (Phi) is 2.00. The SMILES string of the molecule is Cc1noc2ccc(C(=O)C(=O)O)cc12. The van der Waals surface area contributed by atoms with Crippen LogP contribution in [0.15, 0.2) is 22.7 Å². The van der Waals surface area contributed by atoms with Crippen LogP contribution in [0.2, 0.25) is 0 Å². The number of rotatable bonds is 2. The van der Waals surface area contributed by atoms with Gasteiger partial charge in [0.1, 0.15) is 0 Å². The molecular weight excluding hydrogens is 198 g/mol. The molecule has 5 nitrogen and oxygen atoms in total. The van der Waals surface area contributed by atoms with E-state index in [1.54, 1.807) is 6.92 Å². The van der Waals surface area contributed by atoms with E-state index in [1.807, 2.05) is 0 Å². The third kappa shape index (κ3) is 1.48. The number of ketones is 1. The van der Waals surface area contributed by atoms with Gasteiger partial charge in [-0.1, -0.05) is 5.16 Å². The third-order valence-electron chi connectivity index (χ3n) is 2.11. The Morgan fingerprint density at radius 1 is 1.40 bits per heavy atom. The fourth-order valence-electron chi connectivity index (χ4n) is 1.32.